The number of ether oxygens (including phenoxy) is 4. The second-order valence-corrected chi connectivity index (χ2v) is 7.67. The molecule has 0 unspecified atom stereocenters. The highest BCUT2D eigenvalue weighted by Gasteiger charge is 2.21. The first-order chi connectivity index (χ1) is 17.8. The van der Waals surface area contributed by atoms with Crippen molar-refractivity contribution in [3.05, 3.63) is 80.5 Å². The SMILES string of the molecule is COc1ccc([N+](=O)[O-])cc1C(=O)Nc1cccc(-c2cc(=O)c3c(OC)c(OC)c(OC)cc3o2)c1. The topological polar surface area (TPSA) is 139 Å². The first kappa shape index (κ1) is 25.0. The van der Waals surface area contributed by atoms with Crippen LogP contribution < -0.4 is 29.7 Å². The Balaban J connectivity index is 1.74. The van der Waals surface area contributed by atoms with Crippen molar-refractivity contribution in [2.45, 2.75) is 0 Å². The van der Waals surface area contributed by atoms with Gasteiger partial charge in [0.05, 0.1) is 38.9 Å². The van der Waals surface area contributed by atoms with Gasteiger partial charge in [0.2, 0.25) is 5.75 Å². The summed E-state index contributed by atoms with van der Waals surface area (Å²) in [4.78, 5) is 36.5. The summed E-state index contributed by atoms with van der Waals surface area (Å²) in [6.07, 6.45) is 0. The van der Waals surface area contributed by atoms with Crippen molar-refractivity contribution in [1.82, 2.24) is 0 Å². The van der Waals surface area contributed by atoms with Crippen LogP contribution in [0.4, 0.5) is 11.4 Å². The number of nitrogens with zero attached hydrogens (tertiary/aromatic N) is 1. The van der Waals surface area contributed by atoms with Crippen LogP contribution in [0.5, 0.6) is 23.0 Å². The molecule has 0 spiro atoms. The Labute approximate surface area is 210 Å². The molecule has 0 aliphatic carbocycles. The fourth-order valence-corrected chi connectivity index (χ4v) is 3.86. The van der Waals surface area contributed by atoms with Gasteiger partial charge in [-0.3, -0.25) is 19.7 Å². The molecule has 4 aromatic rings. The van der Waals surface area contributed by atoms with E-state index >= 15 is 0 Å². The Bertz CT molecular complexity index is 1580. The molecule has 0 aliphatic rings. The molecule has 37 heavy (non-hydrogen) atoms. The number of methoxy groups -OCH3 is 4. The summed E-state index contributed by atoms with van der Waals surface area (Å²) in [5, 5.41) is 14.0. The molecule has 0 atom stereocenters. The fraction of sp³-hybridized carbons (Fsp3) is 0.154. The van der Waals surface area contributed by atoms with Gasteiger partial charge in [-0.15, -0.1) is 0 Å². The molecule has 1 aromatic heterocycles. The summed E-state index contributed by atoms with van der Waals surface area (Å²) < 4.78 is 27.3. The summed E-state index contributed by atoms with van der Waals surface area (Å²) in [6, 6.07) is 13.2. The van der Waals surface area contributed by atoms with Gasteiger partial charge in [-0.1, -0.05) is 12.1 Å². The molecule has 1 heterocycles. The van der Waals surface area contributed by atoms with Gasteiger partial charge >= 0.3 is 0 Å². The number of nitro benzene ring substituents is 1. The third-order valence-corrected chi connectivity index (χ3v) is 5.57. The Morgan fingerprint density at radius 3 is 2.27 bits per heavy atom. The number of nitrogens with one attached hydrogen (secondary N) is 1. The molecule has 190 valence electrons. The average Bonchev–Trinajstić information content (AvgIpc) is 2.91. The highest BCUT2D eigenvalue weighted by atomic mass is 16.6. The Kier molecular flexibility index (Phi) is 6.96. The summed E-state index contributed by atoms with van der Waals surface area (Å²) in [5.74, 6) is 0.565. The van der Waals surface area contributed by atoms with E-state index in [2.05, 4.69) is 5.32 Å². The summed E-state index contributed by atoms with van der Waals surface area (Å²) in [7, 11) is 5.66. The van der Waals surface area contributed by atoms with E-state index in [4.69, 9.17) is 23.4 Å². The van der Waals surface area contributed by atoms with Crippen LogP contribution in [-0.2, 0) is 0 Å². The van der Waals surface area contributed by atoms with Crippen LogP contribution in [0.2, 0.25) is 0 Å². The van der Waals surface area contributed by atoms with E-state index in [0.717, 1.165) is 6.07 Å². The number of amides is 1. The molecule has 11 heteroatoms. The fourth-order valence-electron chi connectivity index (χ4n) is 3.86. The minimum absolute atomic E-state index is 0.00697. The van der Waals surface area contributed by atoms with E-state index in [1.54, 1.807) is 24.3 Å². The highest BCUT2D eigenvalue weighted by molar-refractivity contribution is 6.06. The largest absolute Gasteiger partial charge is 0.496 e. The van der Waals surface area contributed by atoms with Gasteiger partial charge in [0, 0.05) is 35.5 Å². The van der Waals surface area contributed by atoms with Gasteiger partial charge in [0.1, 0.15) is 22.5 Å². The predicted octanol–water partition coefficient (Wildman–Crippen LogP) is 4.65. The number of benzene rings is 3. The van der Waals surface area contributed by atoms with Gasteiger partial charge in [-0.2, -0.15) is 0 Å². The monoisotopic (exact) mass is 506 g/mol. The lowest BCUT2D eigenvalue weighted by atomic mass is 10.1. The van der Waals surface area contributed by atoms with Gasteiger partial charge in [-0.05, 0) is 18.2 Å². The second kappa shape index (κ2) is 10.3. The number of carbonyl (C=O) groups is 1. The number of carbonyl (C=O) groups excluding carboxylic acids is 1. The first-order valence-electron chi connectivity index (χ1n) is 10.8. The molecule has 0 aliphatic heterocycles. The number of fused-ring (bicyclic) bond motifs is 1. The molecule has 11 nitrogen and oxygen atoms in total. The normalized spacial score (nSPS) is 10.6. The first-order valence-corrected chi connectivity index (χ1v) is 10.8. The molecule has 0 bridgehead atoms. The maximum atomic E-state index is 13.1. The van der Waals surface area contributed by atoms with Gasteiger partial charge in [0.15, 0.2) is 16.9 Å². The van der Waals surface area contributed by atoms with Crippen molar-refractivity contribution in [2.75, 3.05) is 33.8 Å². The molecule has 4 rings (SSSR count). The Hall–Kier alpha value is -5.06. The van der Waals surface area contributed by atoms with E-state index in [1.165, 1.54) is 52.7 Å². The predicted molar refractivity (Wildman–Crippen MR) is 135 cm³/mol. The Morgan fingerprint density at radius 1 is 0.892 bits per heavy atom. The molecular weight excluding hydrogens is 484 g/mol. The maximum absolute atomic E-state index is 13.1. The van der Waals surface area contributed by atoms with Crippen molar-refractivity contribution in [3.63, 3.8) is 0 Å². The van der Waals surface area contributed by atoms with Crippen LogP contribution in [0, 0.1) is 10.1 Å². The second-order valence-electron chi connectivity index (χ2n) is 7.67. The smallest absolute Gasteiger partial charge is 0.270 e. The van der Waals surface area contributed by atoms with E-state index in [9.17, 15) is 19.7 Å². The van der Waals surface area contributed by atoms with Gasteiger partial charge < -0.3 is 28.7 Å². The third-order valence-electron chi connectivity index (χ3n) is 5.57. The number of anilines is 1. The molecule has 0 fully saturated rings. The van der Waals surface area contributed by atoms with Crippen molar-refractivity contribution in [2.24, 2.45) is 0 Å². The van der Waals surface area contributed by atoms with Gasteiger partial charge in [0.25, 0.3) is 11.6 Å². The summed E-state index contributed by atoms with van der Waals surface area (Å²) >= 11 is 0. The van der Waals surface area contributed by atoms with Crippen molar-refractivity contribution in [3.8, 4) is 34.3 Å². The minimum atomic E-state index is -0.612. The van der Waals surface area contributed by atoms with Crippen LogP contribution in [0.1, 0.15) is 10.4 Å². The number of hydrogen-bond donors (Lipinski definition) is 1. The number of rotatable bonds is 8. The standard InChI is InChI=1S/C26H22N2O9/c1-33-19-9-8-16(28(31)32)11-17(19)26(30)27-15-7-5-6-14(10-15)20-12-18(29)23-21(37-20)13-22(34-2)24(35-3)25(23)36-4/h5-13H,1-4H3,(H,27,30). The zero-order valence-corrected chi connectivity index (χ0v) is 20.3. The molecule has 0 saturated carbocycles. The molecule has 0 saturated heterocycles. The van der Waals surface area contributed by atoms with E-state index in [0.29, 0.717) is 17.0 Å². The Morgan fingerprint density at radius 2 is 1.62 bits per heavy atom. The quantitative estimate of drug-likeness (QED) is 0.267. The number of nitro groups is 1. The lowest BCUT2D eigenvalue weighted by Crippen LogP contribution is -2.13. The maximum Gasteiger partial charge on any atom is 0.270 e. The van der Waals surface area contributed by atoms with Crippen molar-refractivity contribution in [1.29, 1.82) is 0 Å². The van der Waals surface area contributed by atoms with Crippen molar-refractivity contribution < 1.29 is 33.1 Å². The van der Waals surface area contributed by atoms with E-state index in [-0.39, 0.29) is 50.7 Å². The third kappa shape index (κ3) is 4.74. The molecule has 1 amide bonds. The lowest BCUT2D eigenvalue weighted by Gasteiger charge is -2.14. The minimum Gasteiger partial charge on any atom is -0.496 e. The molecular formula is C26H22N2O9. The van der Waals surface area contributed by atoms with E-state index in [1.807, 2.05) is 0 Å². The highest BCUT2D eigenvalue weighted by Crippen LogP contribution is 2.42. The zero-order valence-electron chi connectivity index (χ0n) is 20.3. The van der Waals surface area contributed by atoms with Gasteiger partial charge in [-0.25, -0.2) is 0 Å². The number of non-ortho nitro benzene ring substituents is 1. The van der Waals surface area contributed by atoms with Crippen molar-refractivity contribution >= 4 is 28.3 Å². The molecule has 3 aromatic carbocycles. The van der Waals surface area contributed by atoms with Crippen LogP contribution in [-0.4, -0.2) is 39.3 Å². The average molecular weight is 506 g/mol. The zero-order chi connectivity index (χ0) is 26.7. The summed E-state index contributed by atoms with van der Waals surface area (Å²) in [5.41, 5.74) is 0.449. The summed E-state index contributed by atoms with van der Waals surface area (Å²) in [6.45, 7) is 0. The molecule has 0 radical (unpaired) electrons. The number of hydrogen-bond acceptors (Lipinski definition) is 9. The van der Waals surface area contributed by atoms with Crippen LogP contribution >= 0.6 is 0 Å². The lowest BCUT2D eigenvalue weighted by molar-refractivity contribution is -0.384. The van der Waals surface area contributed by atoms with Crippen LogP contribution in [0.25, 0.3) is 22.3 Å². The van der Waals surface area contributed by atoms with E-state index < -0.39 is 10.8 Å². The van der Waals surface area contributed by atoms with Crippen LogP contribution in [0.15, 0.2) is 63.8 Å². The van der Waals surface area contributed by atoms with Crippen LogP contribution in [0.3, 0.4) is 0 Å². The molecule has 1 N–H and O–H groups in total.